The van der Waals surface area contributed by atoms with Gasteiger partial charge in [-0.1, -0.05) is 6.08 Å². The lowest BCUT2D eigenvalue weighted by molar-refractivity contribution is 0.357. The SMILES string of the molecule is CC=CC(=N)N1CCNCC1. The molecule has 2 N–H and O–H groups in total. The first-order chi connectivity index (χ1) is 5.34. The number of amidine groups is 1. The van der Waals surface area contributed by atoms with Crippen molar-refractivity contribution in [2.75, 3.05) is 26.2 Å². The Balaban J connectivity index is 2.38. The van der Waals surface area contributed by atoms with Gasteiger partial charge in [-0.2, -0.15) is 0 Å². The zero-order valence-corrected chi connectivity index (χ0v) is 6.93. The van der Waals surface area contributed by atoms with E-state index < -0.39 is 0 Å². The number of nitrogens with zero attached hydrogens (tertiary/aromatic N) is 1. The van der Waals surface area contributed by atoms with Gasteiger partial charge in [0.25, 0.3) is 0 Å². The second kappa shape index (κ2) is 4.13. The Morgan fingerprint density at radius 1 is 1.45 bits per heavy atom. The van der Waals surface area contributed by atoms with Gasteiger partial charge in [0.05, 0.1) is 0 Å². The van der Waals surface area contributed by atoms with E-state index in [4.69, 9.17) is 5.41 Å². The highest BCUT2D eigenvalue weighted by molar-refractivity contribution is 5.90. The third-order valence-corrected chi connectivity index (χ3v) is 1.78. The average molecular weight is 153 g/mol. The van der Waals surface area contributed by atoms with Crippen molar-refractivity contribution >= 4 is 5.84 Å². The van der Waals surface area contributed by atoms with Crippen molar-refractivity contribution in [3.8, 4) is 0 Å². The van der Waals surface area contributed by atoms with Gasteiger partial charge in [0.15, 0.2) is 0 Å². The maximum absolute atomic E-state index is 7.59. The molecule has 0 aromatic heterocycles. The quantitative estimate of drug-likeness (QED) is 0.424. The van der Waals surface area contributed by atoms with E-state index in [0.29, 0.717) is 5.84 Å². The Morgan fingerprint density at radius 2 is 2.09 bits per heavy atom. The van der Waals surface area contributed by atoms with Crippen LogP contribution < -0.4 is 5.32 Å². The van der Waals surface area contributed by atoms with Crippen LogP contribution in [0.3, 0.4) is 0 Å². The monoisotopic (exact) mass is 153 g/mol. The number of hydrogen-bond acceptors (Lipinski definition) is 2. The van der Waals surface area contributed by atoms with Gasteiger partial charge in [-0.3, -0.25) is 5.41 Å². The summed E-state index contributed by atoms with van der Waals surface area (Å²) in [4.78, 5) is 2.08. The largest absolute Gasteiger partial charge is 0.355 e. The van der Waals surface area contributed by atoms with Crippen LogP contribution in [0.5, 0.6) is 0 Å². The molecule has 3 nitrogen and oxygen atoms in total. The van der Waals surface area contributed by atoms with Crippen LogP contribution in [0.25, 0.3) is 0 Å². The summed E-state index contributed by atoms with van der Waals surface area (Å²) in [5.41, 5.74) is 0. The van der Waals surface area contributed by atoms with E-state index in [2.05, 4.69) is 10.2 Å². The van der Waals surface area contributed by atoms with Crippen LogP contribution >= 0.6 is 0 Å². The smallest absolute Gasteiger partial charge is 0.120 e. The molecule has 1 rings (SSSR count). The summed E-state index contributed by atoms with van der Waals surface area (Å²) in [6, 6.07) is 0. The molecule has 1 aliphatic rings. The molecule has 0 aromatic carbocycles. The Labute approximate surface area is 67.6 Å². The van der Waals surface area contributed by atoms with Gasteiger partial charge in [0.2, 0.25) is 0 Å². The highest BCUT2D eigenvalue weighted by Crippen LogP contribution is 1.94. The molecular formula is C8H15N3. The van der Waals surface area contributed by atoms with Crippen molar-refractivity contribution in [2.45, 2.75) is 6.92 Å². The van der Waals surface area contributed by atoms with E-state index in [-0.39, 0.29) is 0 Å². The molecule has 3 heteroatoms. The minimum atomic E-state index is 0.633. The van der Waals surface area contributed by atoms with Crippen molar-refractivity contribution in [3.63, 3.8) is 0 Å². The Hall–Kier alpha value is -0.830. The molecule has 0 atom stereocenters. The van der Waals surface area contributed by atoms with E-state index in [1.807, 2.05) is 19.1 Å². The predicted molar refractivity (Wildman–Crippen MR) is 47.0 cm³/mol. The average Bonchev–Trinajstić information content (AvgIpc) is 2.07. The lowest BCUT2D eigenvalue weighted by atomic mass is 10.3. The van der Waals surface area contributed by atoms with Crippen LogP contribution in [-0.2, 0) is 0 Å². The minimum absolute atomic E-state index is 0.633. The van der Waals surface area contributed by atoms with Gasteiger partial charge in [-0.15, -0.1) is 0 Å². The topological polar surface area (TPSA) is 39.1 Å². The van der Waals surface area contributed by atoms with Gasteiger partial charge in [0, 0.05) is 26.2 Å². The first-order valence-electron chi connectivity index (χ1n) is 4.01. The molecule has 1 aliphatic heterocycles. The van der Waals surface area contributed by atoms with Crippen molar-refractivity contribution in [1.29, 1.82) is 5.41 Å². The molecule has 0 unspecified atom stereocenters. The van der Waals surface area contributed by atoms with Crippen molar-refractivity contribution in [2.24, 2.45) is 0 Å². The van der Waals surface area contributed by atoms with Gasteiger partial charge >= 0.3 is 0 Å². The molecule has 0 bridgehead atoms. The summed E-state index contributed by atoms with van der Waals surface area (Å²) in [6.07, 6.45) is 3.75. The first-order valence-corrected chi connectivity index (χ1v) is 4.01. The van der Waals surface area contributed by atoms with Gasteiger partial charge < -0.3 is 10.2 Å². The van der Waals surface area contributed by atoms with Crippen LogP contribution in [0.1, 0.15) is 6.92 Å². The number of allylic oxidation sites excluding steroid dienone is 1. The summed E-state index contributed by atoms with van der Waals surface area (Å²) in [5, 5.41) is 10.8. The zero-order valence-electron chi connectivity index (χ0n) is 6.93. The molecular weight excluding hydrogens is 138 g/mol. The van der Waals surface area contributed by atoms with Crippen molar-refractivity contribution < 1.29 is 0 Å². The molecule has 0 amide bonds. The standard InChI is InChI=1S/C8H15N3/c1-2-3-8(9)11-6-4-10-5-7-11/h2-3,9-10H,4-7H2,1H3. The summed E-state index contributed by atoms with van der Waals surface area (Å²) >= 11 is 0. The molecule has 1 fully saturated rings. The third kappa shape index (κ3) is 2.35. The second-order valence-electron chi connectivity index (χ2n) is 2.62. The van der Waals surface area contributed by atoms with E-state index >= 15 is 0 Å². The Kier molecular flexibility index (Phi) is 3.11. The maximum atomic E-state index is 7.59. The number of piperazine rings is 1. The van der Waals surface area contributed by atoms with Crippen LogP contribution in [-0.4, -0.2) is 36.9 Å². The lowest BCUT2D eigenvalue weighted by Gasteiger charge is -2.28. The molecule has 62 valence electrons. The second-order valence-corrected chi connectivity index (χ2v) is 2.62. The molecule has 0 radical (unpaired) electrons. The van der Waals surface area contributed by atoms with E-state index in [0.717, 1.165) is 26.2 Å². The summed E-state index contributed by atoms with van der Waals surface area (Å²) in [5.74, 6) is 0.633. The van der Waals surface area contributed by atoms with Crippen molar-refractivity contribution in [1.82, 2.24) is 10.2 Å². The Bertz CT molecular complexity index is 157. The molecule has 0 aromatic rings. The zero-order chi connectivity index (χ0) is 8.10. The van der Waals surface area contributed by atoms with Crippen LogP contribution in [0.4, 0.5) is 0 Å². The van der Waals surface area contributed by atoms with Crippen LogP contribution in [0.15, 0.2) is 12.2 Å². The maximum Gasteiger partial charge on any atom is 0.120 e. The highest BCUT2D eigenvalue weighted by Gasteiger charge is 2.09. The molecule has 0 saturated carbocycles. The van der Waals surface area contributed by atoms with Crippen molar-refractivity contribution in [3.05, 3.63) is 12.2 Å². The number of rotatable bonds is 1. The predicted octanol–water partition coefficient (Wildman–Crippen LogP) is 0.445. The van der Waals surface area contributed by atoms with E-state index in [9.17, 15) is 0 Å². The molecule has 0 spiro atoms. The van der Waals surface area contributed by atoms with Gasteiger partial charge in [0.1, 0.15) is 5.84 Å². The molecule has 0 aliphatic carbocycles. The third-order valence-electron chi connectivity index (χ3n) is 1.78. The van der Waals surface area contributed by atoms with E-state index in [1.165, 1.54) is 0 Å². The molecule has 1 heterocycles. The number of nitrogens with one attached hydrogen (secondary N) is 2. The van der Waals surface area contributed by atoms with E-state index in [1.54, 1.807) is 0 Å². The highest BCUT2D eigenvalue weighted by atomic mass is 15.2. The summed E-state index contributed by atoms with van der Waals surface area (Å²) in [6.45, 7) is 5.86. The Morgan fingerprint density at radius 3 is 2.64 bits per heavy atom. The summed E-state index contributed by atoms with van der Waals surface area (Å²) < 4.78 is 0. The normalized spacial score (nSPS) is 19.2. The fraction of sp³-hybridized carbons (Fsp3) is 0.625. The molecule has 11 heavy (non-hydrogen) atoms. The summed E-state index contributed by atoms with van der Waals surface area (Å²) in [7, 11) is 0. The lowest BCUT2D eigenvalue weighted by Crippen LogP contribution is -2.45. The number of hydrogen-bond donors (Lipinski definition) is 2. The minimum Gasteiger partial charge on any atom is -0.355 e. The molecule has 1 saturated heterocycles. The first kappa shape index (κ1) is 8.27. The van der Waals surface area contributed by atoms with Gasteiger partial charge in [-0.25, -0.2) is 0 Å². The fourth-order valence-electron chi connectivity index (χ4n) is 1.17. The van der Waals surface area contributed by atoms with Crippen LogP contribution in [0, 0.1) is 5.41 Å². The van der Waals surface area contributed by atoms with Crippen LogP contribution in [0.2, 0.25) is 0 Å². The van der Waals surface area contributed by atoms with Gasteiger partial charge in [-0.05, 0) is 13.0 Å². The fourth-order valence-corrected chi connectivity index (χ4v) is 1.17.